The van der Waals surface area contributed by atoms with Gasteiger partial charge in [-0.1, -0.05) is 24.3 Å². The molecule has 0 aliphatic carbocycles. The zero-order chi connectivity index (χ0) is 22.8. The zero-order valence-corrected chi connectivity index (χ0v) is 18.0. The Morgan fingerprint density at radius 3 is 2.48 bits per heavy atom. The van der Waals surface area contributed by atoms with E-state index in [1.807, 2.05) is 12.1 Å². The van der Waals surface area contributed by atoms with Crippen LogP contribution in [0.1, 0.15) is 10.5 Å². The smallest absolute Gasteiger partial charge is 0.274 e. The monoisotopic (exact) mass is 441 g/mol. The van der Waals surface area contributed by atoms with Crippen LogP contribution < -0.4 is 21.3 Å². The quantitative estimate of drug-likeness (QED) is 0.412. The molecule has 7 heteroatoms. The van der Waals surface area contributed by atoms with Crippen LogP contribution in [0.3, 0.4) is 0 Å². The third-order valence-corrected chi connectivity index (χ3v) is 5.90. The topological polar surface area (TPSA) is 83.3 Å². The van der Waals surface area contributed by atoms with Gasteiger partial charge in [-0.3, -0.25) is 9.78 Å². The molecule has 6 nitrogen and oxygen atoms in total. The number of pyridine rings is 1. The van der Waals surface area contributed by atoms with Gasteiger partial charge in [0.05, 0.1) is 11.4 Å². The van der Waals surface area contributed by atoms with E-state index in [1.54, 1.807) is 36.5 Å². The predicted octanol–water partition coefficient (Wildman–Crippen LogP) is 4.29. The number of amides is 1. The minimum atomic E-state index is -0.342. The number of hydrogen-bond acceptors (Lipinski definition) is 5. The van der Waals surface area contributed by atoms with Crippen molar-refractivity contribution in [1.29, 1.82) is 0 Å². The first-order valence-electron chi connectivity index (χ1n) is 10.9. The van der Waals surface area contributed by atoms with Gasteiger partial charge in [-0.25, -0.2) is 4.39 Å². The highest BCUT2D eigenvalue weighted by Crippen LogP contribution is 2.28. The van der Waals surface area contributed by atoms with Crippen molar-refractivity contribution in [3.05, 3.63) is 84.4 Å². The highest BCUT2D eigenvalue weighted by Gasteiger charge is 2.14. The van der Waals surface area contributed by atoms with Crippen molar-refractivity contribution in [2.75, 3.05) is 42.1 Å². The van der Waals surface area contributed by atoms with Gasteiger partial charge in [-0.05, 0) is 59.0 Å². The van der Waals surface area contributed by atoms with E-state index in [0.717, 1.165) is 53.8 Å². The summed E-state index contributed by atoms with van der Waals surface area (Å²) in [6.45, 7) is 3.89. The Hall–Kier alpha value is -3.97. The first kappa shape index (κ1) is 20.9. The average Bonchev–Trinajstić information content (AvgIpc) is 2.86. The number of benzene rings is 3. The molecule has 0 spiro atoms. The van der Waals surface area contributed by atoms with Gasteiger partial charge in [0.2, 0.25) is 0 Å². The molecule has 0 unspecified atom stereocenters. The molecule has 1 aliphatic heterocycles. The molecule has 2 heterocycles. The van der Waals surface area contributed by atoms with Crippen molar-refractivity contribution >= 4 is 33.7 Å². The lowest BCUT2D eigenvalue weighted by Crippen LogP contribution is -2.43. The minimum Gasteiger partial charge on any atom is -0.397 e. The number of hydrogen-bond donors (Lipinski definition) is 3. The summed E-state index contributed by atoms with van der Waals surface area (Å²) in [5, 5.41) is 8.15. The first-order valence-corrected chi connectivity index (χ1v) is 10.9. The Kier molecular flexibility index (Phi) is 5.62. The average molecular weight is 442 g/mol. The number of carbonyl (C=O) groups is 1. The Morgan fingerprint density at radius 1 is 0.939 bits per heavy atom. The lowest BCUT2D eigenvalue weighted by molar-refractivity contribution is 0.102. The van der Waals surface area contributed by atoms with Gasteiger partial charge >= 0.3 is 0 Å². The molecular formula is C26H24FN5O. The summed E-state index contributed by atoms with van der Waals surface area (Å²) in [6, 6.07) is 19.5. The van der Waals surface area contributed by atoms with Gasteiger partial charge in [0.15, 0.2) is 0 Å². The second-order valence-electron chi connectivity index (χ2n) is 8.10. The second-order valence-corrected chi connectivity index (χ2v) is 8.10. The van der Waals surface area contributed by atoms with E-state index >= 15 is 0 Å². The second kappa shape index (κ2) is 8.88. The molecule has 3 aromatic carbocycles. The number of rotatable bonds is 4. The van der Waals surface area contributed by atoms with Crippen molar-refractivity contribution in [3.8, 4) is 11.1 Å². The highest BCUT2D eigenvalue weighted by atomic mass is 19.1. The third kappa shape index (κ3) is 4.49. The van der Waals surface area contributed by atoms with Gasteiger partial charge in [-0.15, -0.1) is 0 Å². The summed E-state index contributed by atoms with van der Waals surface area (Å²) >= 11 is 0. The predicted molar refractivity (Wildman–Crippen MR) is 131 cm³/mol. The number of carbonyl (C=O) groups excluding carboxylic acids is 1. The van der Waals surface area contributed by atoms with Crippen LogP contribution in [0.15, 0.2) is 72.9 Å². The van der Waals surface area contributed by atoms with E-state index in [0.29, 0.717) is 17.1 Å². The summed E-state index contributed by atoms with van der Waals surface area (Å²) < 4.78 is 13.2. The van der Waals surface area contributed by atoms with Crippen LogP contribution in [0.5, 0.6) is 0 Å². The number of halogens is 1. The molecule has 1 aromatic heterocycles. The van der Waals surface area contributed by atoms with E-state index in [4.69, 9.17) is 5.73 Å². The standard InChI is InChI=1S/C26H24FN5O/c27-21-5-1-17(2-6-21)18-4-8-23(28)24(14-18)31-26(33)25-15-19-3-7-22(13-20(19)16-30-25)32-11-9-29-10-12-32/h1-8,13-16,29H,9-12,28H2,(H,31,33). The van der Waals surface area contributed by atoms with Crippen LogP contribution in [-0.2, 0) is 0 Å². The lowest BCUT2D eigenvalue weighted by atomic mass is 10.0. The third-order valence-electron chi connectivity index (χ3n) is 5.90. The molecule has 0 atom stereocenters. The van der Waals surface area contributed by atoms with Crippen LogP contribution in [0, 0.1) is 5.82 Å². The van der Waals surface area contributed by atoms with Crippen LogP contribution in [0.2, 0.25) is 0 Å². The number of nitrogens with zero attached hydrogens (tertiary/aromatic N) is 2. The van der Waals surface area contributed by atoms with Gasteiger partial charge in [0, 0.05) is 43.4 Å². The zero-order valence-electron chi connectivity index (χ0n) is 18.0. The van der Waals surface area contributed by atoms with E-state index in [1.165, 1.54) is 12.1 Å². The van der Waals surface area contributed by atoms with E-state index in [9.17, 15) is 9.18 Å². The van der Waals surface area contributed by atoms with Crippen molar-refractivity contribution in [2.45, 2.75) is 0 Å². The Morgan fingerprint density at radius 2 is 1.70 bits per heavy atom. The fraction of sp³-hybridized carbons (Fsp3) is 0.154. The molecule has 4 N–H and O–H groups in total. The fourth-order valence-electron chi connectivity index (χ4n) is 4.05. The van der Waals surface area contributed by atoms with Gasteiger partial charge in [0.25, 0.3) is 5.91 Å². The largest absolute Gasteiger partial charge is 0.397 e. The minimum absolute atomic E-state index is 0.301. The first-order chi connectivity index (χ1) is 16.1. The van der Waals surface area contributed by atoms with Crippen LogP contribution in [0.4, 0.5) is 21.5 Å². The van der Waals surface area contributed by atoms with Crippen molar-refractivity contribution < 1.29 is 9.18 Å². The van der Waals surface area contributed by atoms with Gasteiger partial charge < -0.3 is 21.3 Å². The maximum atomic E-state index is 13.2. The maximum Gasteiger partial charge on any atom is 0.274 e. The Bertz CT molecular complexity index is 1320. The Labute approximate surface area is 191 Å². The number of anilines is 3. The molecule has 33 heavy (non-hydrogen) atoms. The summed E-state index contributed by atoms with van der Waals surface area (Å²) in [4.78, 5) is 19.6. The van der Waals surface area contributed by atoms with E-state index < -0.39 is 0 Å². The van der Waals surface area contributed by atoms with Crippen molar-refractivity contribution in [1.82, 2.24) is 10.3 Å². The molecular weight excluding hydrogens is 417 g/mol. The molecule has 1 amide bonds. The van der Waals surface area contributed by atoms with Crippen molar-refractivity contribution in [2.24, 2.45) is 0 Å². The van der Waals surface area contributed by atoms with Gasteiger partial charge in [0.1, 0.15) is 11.5 Å². The van der Waals surface area contributed by atoms with E-state index in [-0.39, 0.29) is 11.7 Å². The van der Waals surface area contributed by atoms with Crippen molar-refractivity contribution in [3.63, 3.8) is 0 Å². The highest BCUT2D eigenvalue weighted by molar-refractivity contribution is 6.06. The SMILES string of the molecule is Nc1ccc(-c2ccc(F)cc2)cc1NC(=O)c1cc2ccc(N3CCNCC3)cc2cn1. The summed E-state index contributed by atoms with van der Waals surface area (Å²) in [5.74, 6) is -0.642. The molecule has 166 valence electrons. The van der Waals surface area contributed by atoms with Crippen LogP contribution in [-0.4, -0.2) is 37.1 Å². The molecule has 0 radical (unpaired) electrons. The lowest BCUT2D eigenvalue weighted by Gasteiger charge is -2.29. The van der Waals surface area contributed by atoms with Gasteiger partial charge in [-0.2, -0.15) is 0 Å². The number of nitrogens with two attached hydrogens (primary N) is 1. The molecule has 1 fully saturated rings. The Balaban J connectivity index is 1.37. The molecule has 0 saturated carbocycles. The molecule has 4 aromatic rings. The summed E-state index contributed by atoms with van der Waals surface area (Å²) in [5.41, 5.74) is 10.1. The fourth-order valence-corrected chi connectivity index (χ4v) is 4.05. The molecule has 5 rings (SSSR count). The molecule has 1 aliphatic rings. The number of nitrogen functional groups attached to an aromatic ring is 1. The number of fused-ring (bicyclic) bond motifs is 1. The van der Waals surface area contributed by atoms with Crippen LogP contribution >= 0.6 is 0 Å². The number of piperazine rings is 1. The maximum absolute atomic E-state index is 13.2. The normalized spacial score (nSPS) is 13.8. The molecule has 1 saturated heterocycles. The van der Waals surface area contributed by atoms with E-state index in [2.05, 4.69) is 32.7 Å². The summed E-state index contributed by atoms with van der Waals surface area (Å²) in [6.07, 6.45) is 1.73. The van der Waals surface area contributed by atoms with Crippen LogP contribution in [0.25, 0.3) is 21.9 Å². The number of nitrogens with one attached hydrogen (secondary N) is 2. The molecule has 0 bridgehead atoms. The summed E-state index contributed by atoms with van der Waals surface area (Å²) in [7, 11) is 0. The number of aromatic nitrogens is 1.